The first kappa shape index (κ1) is 17.6. The zero-order valence-electron chi connectivity index (χ0n) is 13.6. The van der Waals surface area contributed by atoms with Gasteiger partial charge in [0.2, 0.25) is 5.90 Å². The third-order valence-corrected chi connectivity index (χ3v) is 3.83. The van der Waals surface area contributed by atoms with E-state index < -0.39 is 10.9 Å². The molecule has 1 heterocycles. The van der Waals surface area contributed by atoms with Crippen molar-refractivity contribution in [1.82, 2.24) is 0 Å². The predicted molar refractivity (Wildman–Crippen MR) is 96.3 cm³/mol. The van der Waals surface area contributed by atoms with E-state index in [1.54, 1.807) is 30.3 Å². The number of benzene rings is 2. The zero-order valence-corrected chi connectivity index (χ0v) is 14.4. The van der Waals surface area contributed by atoms with Gasteiger partial charge in [-0.15, -0.1) is 0 Å². The number of hydrogen-bond acceptors (Lipinski definition) is 6. The van der Waals surface area contributed by atoms with Gasteiger partial charge >= 0.3 is 5.97 Å². The number of carbonyl (C=O) groups is 1. The van der Waals surface area contributed by atoms with Gasteiger partial charge in [-0.25, -0.2) is 9.79 Å². The molecule has 2 aromatic rings. The van der Waals surface area contributed by atoms with Gasteiger partial charge in [-0.1, -0.05) is 29.8 Å². The van der Waals surface area contributed by atoms with Crippen LogP contribution in [0.4, 0.5) is 5.69 Å². The molecule has 1 aliphatic rings. The van der Waals surface area contributed by atoms with Crippen LogP contribution in [-0.2, 0) is 9.53 Å². The van der Waals surface area contributed by atoms with E-state index in [1.165, 1.54) is 18.2 Å². The standard InChI is InChI=1S/C18H13ClN2O5/c1-2-25-16-6-4-3-5-12(16)17-20-14(18(22)26-17)9-11-7-8-13(19)15(10-11)21(23)24/h3-10H,2H2,1H3/b14-9-. The molecule has 1 aliphatic heterocycles. The fourth-order valence-corrected chi connectivity index (χ4v) is 2.55. The van der Waals surface area contributed by atoms with E-state index >= 15 is 0 Å². The van der Waals surface area contributed by atoms with Gasteiger partial charge in [0.1, 0.15) is 10.8 Å². The Morgan fingerprint density at radius 1 is 1.31 bits per heavy atom. The van der Waals surface area contributed by atoms with Crippen LogP contribution in [0.25, 0.3) is 6.08 Å². The molecular formula is C18H13ClN2O5. The van der Waals surface area contributed by atoms with E-state index in [9.17, 15) is 14.9 Å². The lowest BCUT2D eigenvalue weighted by molar-refractivity contribution is -0.384. The topological polar surface area (TPSA) is 91.0 Å². The Kier molecular flexibility index (Phi) is 4.99. The molecule has 8 heteroatoms. The summed E-state index contributed by atoms with van der Waals surface area (Å²) in [6, 6.07) is 11.3. The van der Waals surface area contributed by atoms with Gasteiger partial charge in [0, 0.05) is 6.07 Å². The third kappa shape index (κ3) is 3.57. The number of nitro groups is 1. The third-order valence-electron chi connectivity index (χ3n) is 3.51. The minimum absolute atomic E-state index is 0.0148. The van der Waals surface area contributed by atoms with Crippen molar-refractivity contribution in [3.8, 4) is 5.75 Å². The quantitative estimate of drug-likeness (QED) is 0.342. The first-order valence-electron chi connectivity index (χ1n) is 7.68. The van der Waals surface area contributed by atoms with E-state index in [4.69, 9.17) is 21.1 Å². The summed E-state index contributed by atoms with van der Waals surface area (Å²) in [5.74, 6) is 0.0163. The fraction of sp³-hybridized carbons (Fsp3) is 0.111. The van der Waals surface area contributed by atoms with Gasteiger partial charge in [0.15, 0.2) is 5.70 Å². The highest BCUT2D eigenvalue weighted by Gasteiger charge is 2.26. The lowest BCUT2D eigenvalue weighted by atomic mass is 10.1. The first-order valence-corrected chi connectivity index (χ1v) is 8.06. The number of nitro benzene ring substituents is 1. The lowest BCUT2D eigenvalue weighted by Gasteiger charge is -2.08. The van der Waals surface area contributed by atoms with Gasteiger partial charge in [-0.2, -0.15) is 0 Å². The van der Waals surface area contributed by atoms with E-state index in [2.05, 4.69) is 4.99 Å². The average molecular weight is 373 g/mol. The molecule has 0 bridgehead atoms. The van der Waals surface area contributed by atoms with Crippen LogP contribution in [0.5, 0.6) is 5.75 Å². The Morgan fingerprint density at radius 2 is 2.08 bits per heavy atom. The molecule has 0 N–H and O–H groups in total. The Balaban J connectivity index is 1.97. The van der Waals surface area contributed by atoms with Crippen molar-refractivity contribution in [2.24, 2.45) is 4.99 Å². The second-order valence-corrected chi connectivity index (χ2v) is 5.64. The number of para-hydroxylation sites is 1. The van der Waals surface area contributed by atoms with Gasteiger partial charge in [0.05, 0.1) is 17.1 Å². The summed E-state index contributed by atoms with van der Waals surface area (Å²) in [5.41, 5.74) is 0.741. The average Bonchev–Trinajstić information content (AvgIpc) is 2.97. The van der Waals surface area contributed by atoms with E-state index in [1.807, 2.05) is 6.92 Å². The summed E-state index contributed by atoms with van der Waals surface area (Å²) in [6.45, 7) is 2.30. The summed E-state index contributed by atoms with van der Waals surface area (Å²) in [6.07, 6.45) is 1.40. The molecule has 0 spiro atoms. The molecule has 0 saturated heterocycles. The summed E-state index contributed by atoms with van der Waals surface area (Å²) in [5, 5.41) is 11.0. The fourth-order valence-electron chi connectivity index (χ4n) is 2.37. The van der Waals surface area contributed by atoms with Gasteiger partial charge in [0.25, 0.3) is 5.69 Å². The van der Waals surface area contributed by atoms with Crippen LogP contribution in [0.1, 0.15) is 18.1 Å². The van der Waals surface area contributed by atoms with Crippen molar-refractivity contribution < 1.29 is 19.2 Å². The second kappa shape index (κ2) is 7.37. The van der Waals surface area contributed by atoms with E-state index in [0.717, 1.165) is 0 Å². The number of carbonyl (C=O) groups excluding carboxylic acids is 1. The number of ether oxygens (including phenoxy) is 2. The maximum absolute atomic E-state index is 12.1. The van der Waals surface area contributed by atoms with Crippen molar-refractivity contribution in [3.05, 3.63) is 74.4 Å². The number of hydrogen-bond donors (Lipinski definition) is 0. The van der Waals surface area contributed by atoms with Crippen LogP contribution in [0.3, 0.4) is 0 Å². The van der Waals surface area contributed by atoms with Crippen LogP contribution in [0, 0.1) is 10.1 Å². The molecule has 7 nitrogen and oxygen atoms in total. The number of aliphatic imine (C=N–C) groups is 1. The number of cyclic esters (lactones) is 1. The molecule has 2 aromatic carbocycles. The lowest BCUT2D eigenvalue weighted by Crippen LogP contribution is -2.07. The molecule has 3 rings (SSSR count). The summed E-state index contributed by atoms with van der Waals surface area (Å²) in [4.78, 5) is 26.7. The van der Waals surface area contributed by atoms with Gasteiger partial charge in [-0.05, 0) is 36.8 Å². The molecule has 0 radical (unpaired) electrons. The van der Waals surface area contributed by atoms with Crippen LogP contribution in [0.15, 0.2) is 53.2 Å². The first-order chi connectivity index (χ1) is 12.5. The minimum Gasteiger partial charge on any atom is -0.493 e. The second-order valence-electron chi connectivity index (χ2n) is 5.23. The van der Waals surface area contributed by atoms with E-state index in [-0.39, 0.29) is 22.3 Å². The van der Waals surface area contributed by atoms with Gasteiger partial charge in [-0.3, -0.25) is 10.1 Å². The van der Waals surface area contributed by atoms with Crippen molar-refractivity contribution >= 4 is 35.2 Å². The van der Waals surface area contributed by atoms with E-state index in [0.29, 0.717) is 23.5 Å². The molecule has 132 valence electrons. The van der Waals surface area contributed by atoms with Crippen LogP contribution in [-0.4, -0.2) is 23.4 Å². The molecule has 0 unspecified atom stereocenters. The normalized spacial score (nSPS) is 14.9. The number of halogens is 1. The molecule has 0 saturated carbocycles. The highest BCUT2D eigenvalue weighted by atomic mass is 35.5. The highest BCUT2D eigenvalue weighted by Crippen LogP contribution is 2.28. The smallest absolute Gasteiger partial charge is 0.363 e. The Morgan fingerprint density at radius 3 is 2.81 bits per heavy atom. The summed E-state index contributed by atoms with van der Waals surface area (Å²) >= 11 is 5.79. The molecular weight excluding hydrogens is 360 g/mol. The minimum atomic E-state index is -0.649. The van der Waals surface area contributed by atoms with Crippen molar-refractivity contribution in [3.63, 3.8) is 0 Å². The highest BCUT2D eigenvalue weighted by molar-refractivity contribution is 6.32. The van der Waals surface area contributed by atoms with Gasteiger partial charge < -0.3 is 9.47 Å². The molecule has 0 aliphatic carbocycles. The Labute approximate surface area is 153 Å². The number of nitrogens with zero attached hydrogens (tertiary/aromatic N) is 2. The largest absolute Gasteiger partial charge is 0.493 e. The maximum atomic E-state index is 12.1. The molecule has 0 atom stereocenters. The molecule has 0 aromatic heterocycles. The summed E-state index contributed by atoms with van der Waals surface area (Å²) < 4.78 is 10.7. The molecule has 0 fully saturated rings. The maximum Gasteiger partial charge on any atom is 0.363 e. The van der Waals surface area contributed by atoms with Crippen molar-refractivity contribution in [2.75, 3.05) is 6.61 Å². The predicted octanol–water partition coefficient (Wildman–Crippen LogP) is 3.99. The van der Waals surface area contributed by atoms with Crippen LogP contribution >= 0.6 is 11.6 Å². The SMILES string of the molecule is CCOc1ccccc1C1=N/C(=C\c2ccc(Cl)c([N+](=O)[O-])c2)C(=O)O1. The number of esters is 1. The van der Waals surface area contributed by atoms with Crippen molar-refractivity contribution in [1.29, 1.82) is 0 Å². The zero-order chi connectivity index (χ0) is 18.7. The Bertz CT molecular complexity index is 952. The van der Waals surface area contributed by atoms with Crippen molar-refractivity contribution in [2.45, 2.75) is 6.92 Å². The Hall–Kier alpha value is -3.19. The molecule has 0 amide bonds. The monoisotopic (exact) mass is 372 g/mol. The summed E-state index contributed by atoms with van der Waals surface area (Å²) in [7, 11) is 0. The molecule has 26 heavy (non-hydrogen) atoms. The van der Waals surface area contributed by atoms with Crippen LogP contribution in [0.2, 0.25) is 5.02 Å². The number of rotatable bonds is 5. The van der Waals surface area contributed by atoms with Crippen LogP contribution < -0.4 is 4.74 Å².